The van der Waals surface area contributed by atoms with E-state index in [-0.39, 0.29) is 0 Å². The van der Waals surface area contributed by atoms with Crippen molar-refractivity contribution in [2.75, 3.05) is 0 Å². The van der Waals surface area contributed by atoms with Gasteiger partial charge in [0.15, 0.2) is 0 Å². The maximum Gasteiger partial charge on any atom is -0.0298 e. The summed E-state index contributed by atoms with van der Waals surface area (Å²) in [5.74, 6) is 0.892. The Bertz CT molecular complexity index is 118. The van der Waals surface area contributed by atoms with Crippen molar-refractivity contribution in [2.45, 2.75) is 65.7 Å². The molecule has 72 valence electrons. The lowest BCUT2D eigenvalue weighted by molar-refractivity contribution is 0.143. The molecule has 0 radical (unpaired) electrons. The maximum absolute atomic E-state index is 2.38. The standard InChI is InChI=1S/C12H24/c1-4-12(10-11(2)3)8-6-5-7-9-12/h11H,4-10H2,1-3H3. The highest BCUT2D eigenvalue weighted by atomic mass is 14.4. The van der Waals surface area contributed by atoms with E-state index in [1.54, 1.807) is 0 Å². The Morgan fingerprint density at radius 1 is 1.08 bits per heavy atom. The molecule has 1 aliphatic rings. The molecule has 0 aromatic carbocycles. The fourth-order valence-electron chi connectivity index (χ4n) is 2.87. The fourth-order valence-corrected chi connectivity index (χ4v) is 2.87. The van der Waals surface area contributed by atoms with Crippen molar-refractivity contribution in [1.82, 2.24) is 0 Å². The minimum Gasteiger partial charge on any atom is -0.0649 e. The van der Waals surface area contributed by atoms with E-state index in [4.69, 9.17) is 0 Å². The van der Waals surface area contributed by atoms with Crippen molar-refractivity contribution in [3.63, 3.8) is 0 Å². The monoisotopic (exact) mass is 168 g/mol. The van der Waals surface area contributed by atoms with Crippen LogP contribution in [0.25, 0.3) is 0 Å². The molecular formula is C12H24. The quantitative estimate of drug-likeness (QED) is 0.586. The second-order valence-corrected chi connectivity index (χ2v) is 5.01. The zero-order chi connectivity index (χ0) is 9.03. The normalized spacial score (nSPS) is 23.0. The first-order valence-corrected chi connectivity index (χ1v) is 5.68. The lowest BCUT2D eigenvalue weighted by Crippen LogP contribution is -2.25. The highest BCUT2D eigenvalue weighted by Gasteiger charge is 2.30. The highest BCUT2D eigenvalue weighted by molar-refractivity contribution is 4.82. The SMILES string of the molecule is CCC1(CC(C)C)CCCCC1. The third kappa shape index (κ3) is 2.50. The maximum atomic E-state index is 2.38. The van der Waals surface area contributed by atoms with E-state index < -0.39 is 0 Å². The Labute approximate surface area is 77.7 Å². The van der Waals surface area contributed by atoms with Crippen LogP contribution in [0.4, 0.5) is 0 Å². The lowest BCUT2D eigenvalue weighted by Gasteiger charge is -2.38. The molecule has 0 spiro atoms. The molecule has 0 bridgehead atoms. The summed E-state index contributed by atoms with van der Waals surface area (Å²) in [6.07, 6.45) is 10.3. The van der Waals surface area contributed by atoms with Gasteiger partial charge >= 0.3 is 0 Å². The Morgan fingerprint density at radius 3 is 2.08 bits per heavy atom. The predicted octanol–water partition coefficient (Wildman–Crippen LogP) is 4.39. The van der Waals surface area contributed by atoms with Crippen molar-refractivity contribution in [3.05, 3.63) is 0 Å². The Morgan fingerprint density at radius 2 is 1.67 bits per heavy atom. The van der Waals surface area contributed by atoms with Gasteiger partial charge in [-0.05, 0) is 30.6 Å². The molecule has 0 nitrogen and oxygen atoms in total. The molecule has 0 heteroatoms. The smallest absolute Gasteiger partial charge is 0.0298 e. The summed E-state index contributed by atoms with van der Waals surface area (Å²) in [6.45, 7) is 7.12. The van der Waals surface area contributed by atoms with Gasteiger partial charge in [-0.3, -0.25) is 0 Å². The second-order valence-electron chi connectivity index (χ2n) is 5.01. The summed E-state index contributed by atoms with van der Waals surface area (Å²) < 4.78 is 0. The van der Waals surface area contributed by atoms with E-state index in [9.17, 15) is 0 Å². The summed E-state index contributed by atoms with van der Waals surface area (Å²) in [7, 11) is 0. The van der Waals surface area contributed by atoms with Crippen LogP contribution in [0.3, 0.4) is 0 Å². The number of hydrogen-bond donors (Lipinski definition) is 0. The first-order valence-electron chi connectivity index (χ1n) is 5.68. The van der Waals surface area contributed by atoms with Gasteiger partial charge in [-0.1, -0.05) is 46.5 Å². The lowest BCUT2D eigenvalue weighted by atomic mass is 9.68. The van der Waals surface area contributed by atoms with Crippen molar-refractivity contribution in [1.29, 1.82) is 0 Å². The third-order valence-electron chi connectivity index (χ3n) is 3.51. The van der Waals surface area contributed by atoms with Gasteiger partial charge < -0.3 is 0 Å². The van der Waals surface area contributed by atoms with Crippen molar-refractivity contribution >= 4 is 0 Å². The van der Waals surface area contributed by atoms with Crippen LogP contribution in [-0.4, -0.2) is 0 Å². The Balaban J connectivity index is 2.48. The zero-order valence-electron chi connectivity index (χ0n) is 9.03. The molecule has 0 aromatic heterocycles. The molecule has 0 heterocycles. The van der Waals surface area contributed by atoms with Crippen LogP contribution in [0.5, 0.6) is 0 Å². The van der Waals surface area contributed by atoms with Crippen LogP contribution in [0, 0.1) is 11.3 Å². The van der Waals surface area contributed by atoms with Gasteiger partial charge in [-0.25, -0.2) is 0 Å². The minimum atomic E-state index is 0.742. The number of rotatable bonds is 3. The van der Waals surface area contributed by atoms with Crippen molar-refractivity contribution < 1.29 is 0 Å². The van der Waals surface area contributed by atoms with Crippen molar-refractivity contribution in [3.8, 4) is 0 Å². The van der Waals surface area contributed by atoms with Crippen LogP contribution in [0.1, 0.15) is 65.7 Å². The highest BCUT2D eigenvalue weighted by Crippen LogP contribution is 2.43. The van der Waals surface area contributed by atoms with E-state index in [1.165, 1.54) is 44.9 Å². The molecular weight excluding hydrogens is 144 g/mol. The summed E-state index contributed by atoms with van der Waals surface area (Å²) >= 11 is 0. The average molecular weight is 168 g/mol. The van der Waals surface area contributed by atoms with Crippen molar-refractivity contribution in [2.24, 2.45) is 11.3 Å². The van der Waals surface area contributed by atoms with Crippen LogP contribution in [-0.2, 0) is 0 Å². The van der Waals surface area contributed by atoms with E-state index in [0.29, 0.717) is 0 Å². The summed E-state index contributed by atoms with van der Waals surface area (Å²) in [5, 5.41) is 0. The molecule has 0 unspecified atom stereocenters. The molecule has 1 saturated carbocycles. The number of hydrogen-bond acceptors (Lipinski definition) is 0. The fraction of sp³-hybridized carbons (Fsp3) is 1.00. The molecule has 0 amide bonds. The van der Waals surface area contributed by atoms with Crippen LogP contribution in [0.15, 0.2) is 0 Å². The summed E-state index contributed by atoms with van der Waals surface area (Å²) in [6, 6.07) is 0. The molecule has 0 aromatic rings. The molecule has 12 heavy (non-hydrogen) atoms. The molecule has 0 N–H and O–H groups in total. The van der Waals surface area contributed by atoms with Gasteiger partial charge in [0.1, 0.15) is 0 Å². The third-order valence-corrected chi connectivity index (χ3v) is 3.51. The molecule has 1 rings (SSSR count). The predicted molar refractivity (Wildman–Crippen MR) is 55.3 cm³/mol. The van der Waals surface area contributed by atoms with Gasteiger partial charge in [0.05, 0.1) is 0 Å². The van der Waals surface area contributed by atoms with E-state index in [0.717, 1.165) is 11.3 Å². The van der Waals surface area contributed by atoms with Crippen LogP contribution < -0.4 is 0 Å². The van der Waals surface area contributed by atoms with Gasteiger partial charge in [-0.2, -0.15) is 0 Å². The van der Waals surface area contributed by atoms with Gasteiger partial charge in [-0.15, -0.1) is 0 Å². The van der Waals surface area contributed by atoms with Gasteiger partial charge in [0.25, 0.3) is 0 Å². The molecule has 0 atom stereocenters. The second kappa shape index (κ2) is 4.30. The Hall–Kier alpha value is 0. The average Bonchev–Trinajstić information content (AvgIpc) is 2.05. The first-order chi connectivity index (χ1) is 5.68. The van der Waals surface area contributed by atoms with Crippen LogP contribution >= 0.6 is 0 Å². The van der Waals surface area contributed by atoms with E-state index in [2.05, 4.69) is 20.8 Å². The largest absolute Gasteiger partial charge is 0.0649 e. The van der Waals surface area contributed by atoms with Gasteiger partial charge in [0, 0.05) is 0 Å². The zero-order valence-corrected chi connectivity index (χ0v) is 9.03. The Kier molecular flexibility index (Phi) is 3.61. The minimum absolute atomic E-state index is 0.742. The van der Waals surface area contributed by atoms with E-state index in [1.807, 2.05) is 0 Å². The molecule has 0 saturated heterocycles. The molecule has 1 fully saturated rings. The van der Waals surface area contributed by atoms with E-state index >= 15 is 0 Å². The topological polar surface area (TPSA) is 0 Å². The van der Waals surface area contributed by atoms with Crippen LogP contribution in [0.2, 0.25) is 0 Å². The molecule has 1 aliphatic carbocycles. The summed E-state index contributed by atoms with van der Waals surface area (Å²) in [5.41, 5.74) is 0.742. The van der Waals surface area contributed by atoms with Gasteiger partial charge in [0.2, 0.25) is 0 Å². The summed E-state index contributed by atoms with van der Waals surface area (Å²) in [4.78, 5) is 0. The molecule has 0 aliphatic heterocycles. The first kappa shape index (κ1) is 10.1.